The third kappa shape index (κ3) is 5.37. The number of aryl methyl sites for hydroxylation is 1. The average molecular weight is 508 g/mol. The average Bonchev–Trinajstić information content (AvgIpc) is 3.36. The summed E-state index contributed by atoms with van der Waals surface area (Å²) in [5.74, 6) is 0.522. The van der Waals surface area contributed by atoms with Crippen molar-refractivity contribution in [2.45, 2.75) is 38.9 Å². The lowest BCUT2D eigenvalue weighted by atomic mass is 9.96. The van der Waals surface area contributed by atoms with E-state index in [1.807, 2.05) is 42.5 Å². The van der Waals surface area contributed by atoms with E-state index in [0.29, 0.717) is 29.7 Å². The number of anilines is 1. The number of carbonyl (C=O) groups is 1. The number of methoxy groups -OCH3 is 2. The molecule has 1 aromatic carbocycles. The van der Waals surface area contributed by atoms with Crippen LogP contribution in [0.25, 0.3) is 0 Å². The van der Waals surface area contributed by atoms with Crippen LogP contribution in [0.3, 0.4) is 0 Å². The summed E-state index contributed by atoms with van der Waals surface area (Å²) in [4.78, 5) is 19.6. The molecule has 2 N–H and O–H groups in total. The minimum atomic E-state index is -0.132. The molecule has 1 saturated heterocycles. The first kappa shape index (κ1) is 25.7. The van der Waals surface area contributed by atoms with Crippen molar-refractivity contribution in [1.29, 1.82) is 0 Å². The van der Waals surface area contributed by atoms with E-state index < -0.39 is 0 Å². The van der Waals surface area contributed by atoms with Crippen molar-refractivity contribution >= 4 is 28.9 Å². The summed E-state index contributed by atoms with van der Waals surface area (Å²) < 4.78 is 12.9. The molecule has 0 bridgehead atoms. The number of carbonyl (C=O) groups excluding carboxylic acids is 1. The Labute approximate surface area is 217 Å². The Morgan fingerprint density at radius 2 is 1.92 bits per heavy atom. The number of hydrogen-bond donors (Lipinski definition) is 2. The summed E-state index contributed by atoms with van der Waals surface area (Å²) in [6.45, 7) is 6.10. The van der Waals surface area contributed by atoms with Crippen LogP contribution in [0.5, 0.6) is 5.75 Å². The van der Waals surface area contributed by atoms with Gasteiger partial charge < -0.3 is 29.6 Å². The second kappa shape index (κ2) is 11.5. The maximum Gasteiger partial charge on any atom is 0.226 e. The van der Waals surface area contributed by atoms with E-state index in [4.69, 9.17) is 21.7 Å². The number of aromatic nitrogens is 2. The zero-order valence-electron chi connectivity index (χ0n) is 21.2. The van der Waals surface area contributed by atoms with Crippen LogP contribution >= 0.6 is 12.2 Å². The molecule has 4 rings (SSSR count). The molecule has 1 fully saturated rings. The van der Waals surface area contributed by atoms with Gasteiger partial charge in [0.25, 0.3) is 0 Å². The van der Waals surface area contributed by atoms with Gasteiger partial charge in [-0.05, 0) is 62.0 Å². The van der Waals surface area contributed by atoms with Crippen LogP contribution in [0.15, 0.2) is 54.7 Å². The zero-order valence-corrected chi connectivity index (χ0v) is 22.0. The van der Waals surface area contributed by atoms with E-state index in [9.17, 15) is 4.79 Å². The van der Waals surface area contributed by atoms with Crippen molar-refractivity contribution in [3.05, 3.63) is 77.4 Å². The number of thiocarbonyl (C=S) groups is 1. The molecule has 0 radical (unpaired) electrons. The van der Waals surface area contributed by atoms with Crippen LogP contribution in [0.1, 0.15) is 41.1 Å². The zero-order chi connectivity index (χ0) is 25.7. The fraction of sp³-hybridized carbons (Fsp3) is 0.370. The summed E-state index contributed by atoms with van der Waals surface area (Å²) in [5.41, 5.74) is 5.04. The van der Waals surface area contributed by atoms with Gasteiger partial charge in [0.2, 0.25) is 5.91 Å². The molecule has 1 amide bonds. The summed E-state index contributed by atoms with van der Waals surface area (Å²) >= 11 is 5.78. The molecule has 3 heterocycles. The maximum absolute atomic E-state index is 12.9. The van der Waals surface area contributed by atoms with Crippen LogP contribution in [0, 0.1) is 13.8 Å². The van der Waals surface area contributed by atoms with Crippen LogP contribution < -0.4 is 15.4 Å². The summed E-state index contributed by atoms with van der Waals surface area (Å²) in [6.07, 6.45) is 2.07. The van der Waals surface area contributed by atoms with Crippen molar-refractivity contribution in [3.8, 4) is 5.75 Å². The van der Waals surface area contributed by atoms with Crippen LogP contribution in [-0.2, 0) is 16.1 Å². The molecule has 8 nitrogen and oxygen atoms in total. The van der Waals surface area contributed by atoms with Gasteiger partial charge in [-0.15, -0.1) is 0 Å². The highest BCUT2D eigenvalue weighted by Gasteiger charge is 2.41. The Bertz CT molecular complexity index is 1210. The highest BCUT2D eigenvalue weighted by Crippen LogP contribution is 2.41. The van der Waals surface area contributed by atoms with E-state index in [2.05, 4.69) is 45.0 Å². The number of nitrogens with zero attached hydrogens (tertiary/aromatic N) is 3. The Morgan fingerprint density at radius 1 is 1.14 bits per heavy atom. The van der Waals surface area contributed by atoms with Crippen molar-refractivity contribution in [2.75, 3.05) is 32.7 Å². The first-order valence-corrected chi connectivity index (χ1v) is 12.4. The molecule has 0 aliphatic carbocycles. The van der Waals surface area contributed by atoms with Gasteiger partial charge in [-0.1, -0.05) is 18.2 Å². The predicted molar refractivity (Wildman–Crippen MR) is 144 cm³/mol. The lowest BCUT2D eigenvalue weighted by Crippen LogP contribution is -2.33. The quantitative estimate of drug-likeness (QED) is 0.399. The van der Waals surface area contributed by atoms with Crippen LogP contribution in [0.4, 0.5) is 5.69 Å². The van der Waals surface area contributed by atoms with Crippen molar-refractivity contribution in [2.24, 2.45) is 0 Å². The minimum Gasteiger partial charge on any atom is -0.495 e. The number of rotatable bonds is 10. The van der Waals surface area contributed by atoms with Gasteiger partial charge in [-0.3, -0.25) is 9.78 Å². The molecule has 2 aromatic heterocycles. The van der Waals surface area contributed by atoms with Crippen molar-refractivity contribution < 1.29 is 14.3 Å². The van der Waals surface area contributed by atoms with E-state index in [1.54, 1.807) is 20.4 Å². The smallest absolute Gasteiger partial charge is 0.226 e. The summed E-state index contributed by atoms with van der Waals surface area (Å²) in [5, 5.41) is 7.04. The number of ether oxygens (including phenoxy) is 2. The van der Waals surface area contributed by atoms with Crippen LogP contribution in [-0.4, -0.2) is 52.8 Å². The Kier molecular flexibility index (Phi) is 8.22. The van der Waals surface area contributed by atoms with E-state index in [1.165, 1.54) is 0 Å². The van der Waals surface area contributed by atoms with Gasteiger partial charge >= 0.3 is 0 Å². The fourth-order valence-corrected chi connectivity index (χ4v) is 5.15. The third-order valence-corrected chi connectivity index (χ3v) is 6.96. The molecule has 2 atom stereocenters. The van der Waals surface area contributed by atoms with Gasteiger partial charge in [0.15, 0.2) is 5.11 Å². The first-order valence-electron chi connectivity index (χ1n) is 12.0. The minimum absolute atomic E-state index is 0.103. The molecule has 36 heavy (non-hydrogen) atoms. The standard InChI is InChI=1S/C27H33N5O3S/c1-18-17-20(19(2)31(18)15-16-34-3)26-25(22-10-7-8-13-28-22)30-27(36)32(26)14-12-24(33)29-21-9-5-6-11-23(21)35-4/h5-11,13,17,25-26H,12,14-16H2,1-4H3,(H,29,33)(H,30,36)/t25-,26+/m0/s1. The number of para-hydroxylation sites is 2. The number of benzene rings is 1. The highest BCUT2D eigenvalue weighted by molar-refractivity contribution is 7.80. The van der Waals surface area contributed by atoms with Gasteiger partial charge in [0, 0.05) is 44.2 Å². The summed E-state index contributed by atoms with van der Waals surface area (Å²) in [7, 11) is 3.30. The third-order valence-electron chi connectivity index (χ3n) is 6.61. The molecule has 0 spiro atoms. The molecule has 3 aromatic rings. The van der Waals surface area contributed by atoms with Crippen LogP contribution in [0.2, 0.25) is 0 Å². The van der Waals surface area contributed by atoms with Gasteiger partial charge in [0.05, 0.1) is 37.2 Å². The molecular weight excluding hydrogens is 474 g/mol. The fourth-order valence-electron chi connectivity index (χ4n) is 4.82. The van der Waals surface area contributed by atoms with Crippen molar-refractivity contribution in [3.63, 3.8) is 0 Å². The Hall–Kier alpha value is -3.43. The number of amides is 1. The first-order chi connectivity index (χ1) is 17.4. The Morgan fingerprint density at radius 3 is 2.64 bits per heavy atom. The van der Waals surface area contributed by atoms with E-state index in [0.717, 1.165) is 29.2 Å². The topological polar surface area (TPSA) is 80.7 Å². The van der Waals surface area contributed by atoms with Gasteiger partial charge in [0.1, 0.15) is 5.75 Å². The predicted octanol–water partition coefficient (Wildman–Crippen LogP) is 4.16. The lowest BCUT2D eigenvalue weighted by molar-refractivity contribution is -0.116. The second-order valence-corrected chi connectivity index (χ2v) is 9.18. The van der Waals surface area contributed by atoms with Gasteiger partial charge in [-0.25, -0.2) is 0 Å². The molecule has 0 saturated carbocycles. The molecule has 0 unspecified atom stereocenters. The Balaban J connectivity index is 1.60. The molecule has 9 heteroatoms. The second-order valence-electron chi connectivity index (χ2n) is 8.79. The van der Waals surface area contributed by atoms with E-state index >= 15 is 0 Å². The largest absolute Gasteiger partial charge is 0.495 e. The maximum atomic E-state index is 12.9. The number of pyridine rings is 1. The highest BCUT2D eigenvalue weighted by atomic mass is 32.1. The molecular formula is C27H33N5O3S. The SMILES string of the molecule is COCCn1c(C)cc([C@@H]2[C@H](c3ccccn3)NC(=S)N2CCC(=O)Nc2ccccc2OC)c1C. The lowest BCUT2D eigenvalue weighted by Gasteiger charge is -2.28. The monoisotopic (exact) mass is 507 g/mol. The molecule has 190 valence electrons. The number of hydrogen-bond acceptors (Lipinski definition) is 5. The normalized spacial score (nSPS) is 17.2. The molecule has 1 aliphatic rings. The number of nitrogens with one attached hydrogen (secondary N) is 2. The molecule has 1 aliphatic heterocycles. The summed E-state index contributed by atoms with van der Waals surface area (Å²) in [6, 6.07) is 15.3. The van der Waals surface area contributed by atoms with Crippen molar-refractivity contribution in [1.82, 2.24) is 19.8 Å². The van der Waals surface area contributed by atoms with E-state index in [-0.39, 0.29) is 24.4 Å². The van der Waals surface area contributed by atoms with Gasteiger partial charge in [-0.2, -0.15) is 0 Å².